The molecule has 1 unspecified atom stereocenters. The highest BCUT2D eigenvalue weighted by molar-refractivity contribution is 6.51. The van der Waals surface area contributed by atoms with Gasteiger partial charge in [-0.3, -0.25) is 14.5 Å². The Balaban J connectivity index is 1.57. The lowest BCUT2D eigenvalue weighted by Crippen LogP contribution is -2.29. The van der Waals surface area contributed by atoms with Gasteiger partial charge < -0.3 is 14.6 Å². The molecule has 7 heteroatoms. The molecule has 1 N–H and O–H groups in total. The maximum Gasteiger partial charge on any atom is 0.300 e. The van der Waals surface area contributed by atoms with Crippen LogP contribution in [0.2, 0.25) is 0 Å². The van der Waals surface area contributed by atoms with Crippen molar-refractivity contribution in [1.29, 1.82) is 5.26 Å². The summed E-state index contributed by atoms with van der Waals surface area (Å²) in [6.45, 7) is 4.76. The first-order chi connectivity index (χ1) is 20.4. The fourth-order valence-electron chi connectivity index (χ4n) is 4.95. The zero-order chi connectivity index (χ0) is 29.6. The molecular formula is C35H30N2O5. The van der Waals surface area contributed by atoms with Gasteiger partial charge in [-0.2, -0.15) is 5.26 Å². The second kappa shape index (κ2) is 12.4. The van der Waals surface area contributed by atoms with Crippen molar-refractivity contribution in [1.82, 2.24) is 0 Å². The van der Waals surface area contributed by atoms with Crippen LogP contribution in [0.1, 0.15) is 47.2 Å². The molecule has 0 aromatic heterocycles. The number of carbonyl (C=O) groups excluding carboxylic acids is 2. The van der Waals surface area contributed by atoms with Gasteiger partial charge in [0.1, 0.15) is 23.9 Å². The zero-order valence-corrected chi connectivity index (χ0v) is 23.4. The van der Waals surface area contributed by atoms with Crippen LogP contribution in [-0.4, -0.2) is 23.4 Å². The molecule has 0 spiro atoms. The summed E-state index contributed by atoms with van der Waals surface area (Å²) in [7, 11) is 0. The molecule has 1 atom stereocenters. The average molecular weight is 559 g/mol. The summed E-state index contributed by atoms with van der Waals surface area (Å²) >= 11 is 0. The third-order valence-corrected chi connectivity index (χ3v) is 7.05. The van der Waals surface area contributed by atoms with Crippen LogP contribution < -0.4 is 14.4 Å². The topological polar surface area (TPSA) is 99.9 Å². The number of aliphatic hydroxyl groups is 1. The Morgan fingerprint density at radius 3 is 2.38 bits per heavy atom. The van der Waals surface area contributed by atoms with E-state index in [1.165, 1.54) is 4.90 Å². The summed E-state index contributed by atoms with van der Waals surface area (Å²) in [6.07, 6.45) is 0.818. The molecule has 7 nitrogen and oxygen atoms in total. The third kappa shape index (κ3) is 5.74. The van der Waals surface area contributed by atoms with E-state index in [4.69, 9.17) is 9.47 Å². The van der Waals surface area contributed by atoms with Crippen LogP contribution in [0, 0.1) is 18.3 Å². The van der Waals surface area contributed by atoms with E-state index in [1.54, 1.807) is 60.7 Å². The zero-order valence-electron chi connectivity index (χ0n) is 23.4. The number of aryl methyl sites for hydroxylation is 1. The number of amides is 1. The van der Waals surface area contributed by atoms with E-state index in [-0.39, 0.29) is 11.3 Å². The van der Waals surface area contributed by atoms with Gasteiger partial charge in [0.25, 0.3) is 11.7 Å². The highest BCUT2D eigenvalue weighted by Crippen LogP contribution is 2.43. The van der Waals surface area contributed by atoms with Gasteiger partial charge in [-0.15, -0.1) is 0 Å². The number of ether oxygens (including phenoxy) is 2. The van der Waals surface area contributed by atoms with Gasteiger partial charge in [0.05, 0.1) is 29.9 Å². The Kier molecular flexibility index (Phi) is 8.35. The van der Waals surface area contributed by atoms with Gasteiger partial charge in [-0.1, -0.05) is 49.4 Å². The molecule has 4 aromatic carbocycles. The number of ketones is 1. The standard InChI is InChI=1S/C35H30N2O5/c1-3-18-41-29-11-7-10-26(20-29)32-31(34(39)35(40)37(32)28-15-12-24(21-36)13-16-28)33(38)27-14-17-30(23(2)19-27)42-22-25-8-5-4-6-9-25/h4-17,19-20,32,38H,3,18,22H2,1-2H3/b33-31+. The largest absolute Gasteiger partial charge is 0.507 e. The van der Waals surface area contributed by atoms with Crippen LogP contribution in [0.5, 0.6) is 11.5 Å². The molecule has 0 bridgehead atoms. The minimum atomic E-state index is -0.919. The number of nitrogens with zero attached hydrogens (tertiary/aromatic N) is 2. The first kappa shape index (κ1) is 28.2. The summed E-state index contributed by atoms with van der Waals surface area (Å²) in [4.78, 5) is 28.4. The quantitative estimate of drug-likeness (QED) is 0.137. The summed E-state index contributed by atoms with van der Waals surface area (Å²) in [5, 5.41) is 20.8. The Morgan fingerprint density at radius 2 is 1.69 bits per heavy atom. The number of benzene rings is 4. The number of hydrogen-bond donors (Lipinski definition) is 1. The van der Waals surface area contributed by atoms with E-state index in [1.807, 2.05) is 50.2 Å². The Hall–Kier alpha value is -5.35. The van der Waals surface area contributed by atoms with Gasteiger partial charge in [-0.05, 0) is 84.6 Å². The fraction of sp³-hybridized carbons (Fsp3) is 0.171. The maximum absolute atomic E-state index is 13.6. The van der Waals surface area contributed by atoms with Crippen LogP contribution in [-0.2, 0) is 16.2 Å². The van der Waals surface area contributed by atoms with Crippen LogP contribution in [0.4, 0.5) is 5.69 Å². The molecule has 4 aromatic rings. The lowest BCUT2D eigenvalue weighted by Gasteiger charge is -2.26. The van der Waals surface area contributed by atoms with Gasteiger partial charge in [0.15, 0.2) is 0 Å². The molecule has 1 heterocycles. The molecule has 1 saturated heterocycles. The average Bonchev–Trinajstić information content (AvgIpc) is 3.29. The van der Waals surface area contributed by atoms with Crippen LogP contribution in [0.25, 0.3) is 5.76 Å². The number of aliphatic hydroxyl groups excluding tert-OH is 1. The van der Waals surface area contributed by atoms with E-state index in [2.05, 4.69) is 6.07 Å². The SMILES string of the molecule is CCCOc1cccc(C2/C(=C(\O)c3ccc(OCc4ccccc4)c(C)c3)C(=O)C(=O)N2c2ccc(C#N)cc2)c1. The van der Waals surface area contributed by atoms with Crippen molar-refractivity contribution in [3.8, 4) is 17.6 Å². The van der Waals surface area contributed by atoms with Crippen LogP contribution in [0.3, 0.4) is 0 Å². The number of carbonyl (C=O) groups is 2. The van der Waals surface area contributed by atoms with E-state index in [0.29, 0.717) is 47.1 Å². The highest BCUT2D eigenvalue weighted by atomic mass is 16.5. The van der Waals surface area contributed by atoms with E-state index in [9.17, 15) is 20.0 Å². The first-order valence-electron chi connectivity index (χ1n) is 13.7. The summed E-state index contributed by atoms with van der Waals surface area (Å²) in [5.74, 6) is -0.622. The number of hydrogen-bond acceptors (Lipinski definition) is 6. The van der Waals surface area contributed by atoms with Crippen molar-refractivity contribution in [3.05, 3.63) is 130 Å². The second-order valence-electron chi connectivity index (χ2n) is 10.0. The maximum atomic E-state index is 13.6. The number of nitriles is 1. The highest BCUT2D eigenvalue weighted by Gasteiger charge is 2.47. The molecule has 0 radical (unpaired) electrons. The summed E-state index contributed by atoms with van der Waals surface area (Å²) in [6, 6.07) is 29.7. The molecule has 0 saturated carbocycles. The predicted octanol–water partition coefficient (Wildman–Crippen LogP) is 6.86. The summed E-state index contributed by atoms with van der Waals surface area (Å²) in [5.41, 5.74) is 3.61. The molecule has 1 aliphatic rings. The van der Waals surface area contributed by atoms with Gasteiger partial charge in [-0.25, -0.2) is 0 Å². The van der Waals surface area contributed by atoms with E-state index < -0.39 is 17.7 Å². The number of anilines is 1. The van der Waals surface area contributed by atoms with Crippen LogP contribution >= 0.6 is 0 Å². The van der Waals surface area contributed by atoms with Crippen molar-refractivity contribution in [2.45, 2.75) is 32.9 Å². The van der Waals surface area contributed by atoms with E-state index in [0.717, 1.165) is 17.5 Å². The molecule has 42 heavy (non-hydrogen) atoms. The van der Waals surface area contributed by atoms with Crippen molar-refractivity contribution in [2.75, 3.05) is 11.5 Å². The number of Topliss-reactive ketones (excluding diaryl/α,β-unsaturated/α-hetero) is 1. The molecule has 1 aliphatic heterocycles. The summed E-state index contributed by atoms with van der Waals surface area (Å²) < 4.78 is 11.8. The Labute approximate surface area is 244 Å². The van der Waals surface area contributed by atoms with Gasteiger partial charge >= 0.3 is 0 Å². The monoisotopic (exact) mass is 558 g/mol. The molecule has 1 amide bonds. The molecule has 210 valence electrons. The normalized spacial score (nSPS) is 15.8. The Bertz CT molecular complexity index is 1690. The Morgan fingerprint density at radius 1 is 0.929 bits per heavy atom. The third-order valence-electron chi connectivity index (χ3n) is 7.05. The second-order valence-corrected chi connectivity index (χ2v) is 10.0. The van der Waals surface area contributed by atoms with Crippen molar-refractivity contribution in [2.24, 2.45) is 0 Å². The predicted molar refractivity (Wildman–Crippen MR) is 160 cm³/mol. The van der Waals surface area contributed by atoms with Crippen molar-refractivity contribution in [3.63, 3.8) is 0 Å². The minimum Gasteiger partial charge on any atom is -0.507 e. The molecule has 5 rings (SSSR count). The van der Waals surface area contributed by atoms with Gasteiger partial charge in [0, 0.05) is 11.3 Å². The minimum absolute atomic E-state index is 0.0330. The van der Waals surface area contributed by atoms with Crippen molar-refractivity contribution >= 4 is 23.1 Å². The van der Waals surface area contributed by atoms with Crippen LogP contribution in [0.15, 0.2) is 103 Å². The number of rotatable bonds is 9. The van der Waals surface area contributed by atoms with Crippen molar-refractivity contribution < 1.29 is 24.2 Å². The lowest BCUT2D eigenvalue weighted by atomic mass is 9.94. The first-order valence-corrected chi connectivity index (χ1v) is 13.7. The molecular weight excluding hydrogens is 528 g/mol. The molecule has 1 fully saturated rings. The fourth-order valence-corrected chi connectivity index (χ4v) is 4.95. The van der Waals surface area contributed by atoms with Gasteiger partial charge in [0.2, 0.25) is 0 Å². The molecule has 0 aliphatic carbocycles. The lowest BCUT2D eigenvalue weighted by molar-refractivity contribution is -0.132. The smallest absolute Gasteiger partial charge is 0.300 e. The van der Waals surface area contributed by atoms with E-state index >= 15 is 0 Å².